The summed E-state index contributed by atoms with van der Waals surface area (Å²) >= 11 is 17.2. The lowest BCUT2D eigenvalue weighted by molar-refractivity contribution is 0.611. The van der Waals surface area contributed by atoms with Gasteiger partial charge < -0.3 is 0 Å². The predicted molar refractivity (Wildman–Crippen MR) is 91.4 cm³/mol. The first-order chi connectivity index (χ1) is 9.60. The number of halogens is 3. The van der Waals surface area contributed by atoms with Crippen molar-refractivity contribution in [1.82, 2.24) is 5.43 Å². The molecule has 0 heterocycles. The number of hydrogen-bond acceptors (Lipinski definition) is 3. The van der Waals surface area contributed by atoms with E-state index in [1.165, 1.54) is 4.90 Å². The number of nitrogens with one attached hydrogen (secondary N) is 1. The zero-order chi connectivity index (χ0) is 14.5. The number of hydrazine groups is 1. The Morgan fingerprint density at radius 3 is 2.60 bits per heavy atom. The molecule has 3 N–H and O–H groups in total. The van der Waals surface area contributed by atoms with E-state index < -0.39 is 0 Å². The predicted octanol–water partition coefficient (Wildman–Crippen LogP) is 5.05. The van der Waals surface area contributed by atoms with Crippen LogP contribution in [0.15, 0.2) is 51.8 Å². The zero-order valence-electron chi connectivity index (χ0n) is 10.4. The molecule has 0 aliphatic rings. The summed E-state index contributed by atoms with van der Waals surface area (Å²) in [6.07, 6.45) is 0. The molecular formula is C14H13BrCl2N2S. The lowest BCUT2D eigenvalue weighted by Gasteiger charge is -2.16. The van der Waals surface area contributed by atoms with Crippen LogP contribution in [0.3, 0.4) is 0 Å². The van der Waals surface area contributed by atoms with E-state index in [0.717, 1.165) is 15.8 Å². The Labute approximate surface area is 141 Å². The van der Waals surface area contributed by atoms with Crippen molar-refractivity contribution in [3.63, 3.8) is 0 Å². The van der Waals surface area contributed by atoms with Gasteiger partial charge in [0.15, 0.2) is 0 Å². The van der Waals surface area contributed by atoms with Gasteiger partial charge in [-0.15, -0.1) is 11.8 Å². The van der Waals surface area contributed by atoms with E-state index in [9.17, 15) is 0 Å². The lowest BCUT2D eigenvalue weighted by atomic mass is 10.1. The van der Waals surface area contributed by atoms with E-state index in [2.05, 4.69) is 33.5 Å². The minimum Gasteiger partial charge on any atom is -0.271 e. The second-order valence-electron chi connectivity index (χ2n) is 4.16. The standard InChI is InChI=1S/C14H13BrCl2N2S/c15-10-2-1-3-11(7-10)20-8-14(19-18)9-4-5-12(16)13(17)6-9/h1-7,14,19H,8,18H2. The molecule has 0 bridgehead atoms. The van der Waals surface area contributed by atoms with Crippen molar-refractivity contribution in [2.45, 2.75) is 10.9 Å². The van der Waals surface area contributed by atoms with Gasteiger partial charge in [-0.25, -0.2) is 0 Å². The summed E-state index contributed by atoms with van der Waals surface area (Å²) in [5.41, 5.74) is 3.83. The third-order valence-corrected chi connectivity index (χ3v) is 5.08. The van der Waals surface area contributed by atoms with Crippen LogP contribution >= 0.6 is 50.9 Å². The van der Waals surface area contributed by atoms with E-state index in [-0.39, 0.29) is 6.04 Å². The van der Waals surface area contributed by atoms with Crippen LogP contribution < -0.4 is 11.3 Å². The molecule has 2 aromatic carbocycles. The van der Waals surface area contributed by atoms with Crippen molar-refractivity contribution < 1.29 is 0 Å². The van der Waals surface area contributed by atoms with Crippen molar-refractivity contribution in [3.8, 4) is 0 Å². The average molecular weight is 392 g/mol. The number of nitrogens with two attached hydrogens (primary N) is 1. The molecule has 0 aliphatic heterocycles. The molecule has 106 valence electrons. The van der Waals surface area contributed by atoms with Crippen molar-refractivity contribution in [1.29, 1.82) is 0 Å². The van der Waals surface area contributed by atoms with Crippen molar-refractivity contribution in [3.05, 3.63) is 62.5 Å². The van der Waals surface area contributed by atoms with Crippen LogP contribution in [0, 0.1) is 0 Å². The molecule has 2 aromatic rings. The largest absolute Gasteiger partial charge is 0.271 e. The van der Waals surface area contributed by atoms with Gasteiger partial charge in [-0.1, -0.05) is 51.3 Å². The van der Waals surface area contributed by atoms with Crippen LogP contribution in [0.1, 0.15) is 11.6 Å². The van der Waals surface area contributed by atoms with Gasteiger partial charge in [0.05, 0.1) is 16.1 Å². The van der Waals surface area contributed by atoms with Gasteiger partial charge in [0.1, 0.15) is 0 Å². The van der Waals surface area contributed by atoms with Gasteiger partial charge in [0, 0.05) is 15.1 Å². The normalized spacial score (nSPS) is 12.4. The second-order valence-corrected chi connectivity index (χ2v) is 6.98. The fraction of sp³-hybridized carbons (Fsp3) is 0.143. The van der Waals surface area contributed by atoms with Gasteiger partial charge in [-0.3, -0.25) is 11.3 Å². The Bertz CT molecular complexity index is 595. The van der Waals surface area contributed by atoms with Gasteiger partial charge in [-0.2, -0.15) is 0 Å². The molecule has 1 atom stereocenters. The van der Waals surface area contributed by atoms with Gasteiger partial charge in [-0.05, 0) is 35.9 Å². The molecular weight excluding hydrogens is 379 g/mol. The summed E-state index contributed by atoms with van der Waals surface area (Å²) in [4.78, 5) is 1.18. The highest BCUT2D eigenvalue weighted by Gasteiger charge is 2.12. The number of benzene rings is 2. The molecule has 2 nitrogen and oxygen atoms in total. The Kier molecular flexibility index (Phi) is 6.20. The summed E-state index contributed by atoms with van der Waals surface area (Å²) in [5.74, 6) is 6.43. The highest BCUT2D eigenvalue weighted by molar-refractivity contribution is 9.10. The van der Waals surface area contributed by atoms with Gasteiger partial charge in [0.2, 0.25) is 0 Å². The Morgan fingerprint density at radius 1 is 1.15 bits per heavy atom. The van der Waals surface area contributed by atoms with E-state index >= 15 is 0 Å². The van der Waals surface area contributed by atoms with Crippen molar-refractivity contribution >= 4 is 50.9 Å². The molecule has 1 unspecified atom stereocenters. The Morgan fingerprint density at radius 2 is 1.95 bits per heavy atom. The monoisotopic (exact) mass is 390 g/mol. The Hall–Kier alpha value is -0.230. The summed E-state index contributed by atoms with van der Waals surface area (Å²) in [6.45, 7) is 0. The van der Waals surface area contributed by atoms with E-state index in [4.69, 9.17) is 29.0 Å². The molecule has 0 saturated heterocycles. The third-order valence-electron chi connectivity index (χ3n) is 2.76. The molecule has 0 aliphatic carbocycles. The van der Waals surface area contributed by atoms with Gasteiger partial charge >= 0.3 is 0 Å². The van der Waals surface area contributed by atoms with Crippen LogP contribution in [-0.4, -0.2) is 5.75 Å². The summed E-state index contributed by atoms with van der Waals surface area (Å²) in [6, 6.07) is 13.7. The van der Waals surface area contributed by atoms with Crippen LogP contribution in [0.5, 0.6) is 0 Å². The maximum Gasteiger partial charge on any atom is 0.0595 e. The fourth-order valence-electron chi connectivity index (χ4n) is 1.71. The second kappa shape index (κ2) is 7.69. The number of thioether (sulfide) groups is 1. The number of hydrogen-bond donors (Lipinski definition) is 2. The molecule has 0 radical (unpaired) electrons. The highest BCUT2D eigenvalue weighted by Crippen LogP contribution is 2.29. The SMILES string of the molecule is NNC(CSc1cccc(Br)c1)c1ccc(Cl)c(Cl)c1. The average Bonchev–Trinajstić information content (AvgIpc) is 2.43. The van der Waals surface area contributed by atoms with Crippen LogP contribution in [0.2, 0.25) is 10.0 Å². The van der Waals surface area contributed by atoms with E-state index in [1.54, 1.807) is 17.8 Å². The van der Waals surface area contributed by atoms with Crippen molar-refractivity contribution in [2.75, 3.05) is 5.75 Å². The molecule has 6 heteroatoms. The third kappa shape index (κ3) is 4.38. The molecule has 0 amide bonds. The molecule has 20 heavy (non-hydrogen) atoms. The van der Waals surface area contributed by atoms with Crippen LogP contribution in [-0.2, 0) is 0 Å². The quantitative estimate of drug-likeness (QED) is 0.425. The fourth-order valence-corrected chi connectivity index (χ4v) is 3.60. The summed E-state index contributed by atoms with van der Waals surface area (Å²) in [7, 11) is 0. The molecule has 0 saturated carbocycles. The topological polar surface area (TPSA) is 38.0 Å². The minimum atomic E-state index is 0.00810. The number of rotatable bonds is 5. The minimum absolute atomic E-state index is 0.00810. The smallest absolute Gasteiger partial charge is 0.0595 e. The zero-order valence-corrected chi connectivity index (χ0v) is 14.4. The van der Waals surface area contributed by atoms with E-state index in [0.29, 0.717) is 10.0 Å². The molecule has 2 rings (SSSR count). The molecule has 0 spiro atoms. The maximum absolute atomic E-state index is 6.04. The van der Waals surface area contributed by atoms with Crippen LogP contribution in [0.4, 0.5) is 0 Å². The van der Waals surface area contributed by atoms with Crippen molar-refractivity contribution in [2.24, 2.45) is 5.84 Å². The first kappa shape index (κ1) is 16.1. The first-order valence-corrected chi connectivity index (χ1v) is 8.43. The summed E-state index contributed by atoms with van der Waals surface area (Å²) < 4.78 is 1.06. The van der Waals surface area contributed by atoms with Gasteiger partial charge in [0.25, 0.3) is 0 Å². The van der Waals surface area contributed by atoms with E-state index in [1.807, 2.05) is 24.3 Å². The molecule has 0 fully saturated rings. The maximum atomic E-state index is 6.04. The van der Waals surface area contributed by atoms with Crippen LogP contribution in [0.25, 0.3) is 0 Å². The first-order valence-electron chi connectivity index (χ1n) is 5.89. The lowest BCUT2D eigenvalue weighted by Crippen LogP contribution is -2.29. The highest BCUT2D eigenvalue weighted by atomic mass is 79.9. The Balaban J connectivity index is 2.07. The molecule has 0 aromatic heterocycles. The summed E-state index contributed by atoms with van der Waals surface area (Å²) in [5, 5.41) is 1.09.